The van der Waals surface area contributed by atoms with Gasteiger partial charge in [-0.3, -0.25) is 10.1 Å². The van der Waals surface area contributed by atoms with E-state index in [2.05, 4.69) is 41.6 Å². The zero-order valence-electron chi connectivity index (χ0n) is 18.6. The van der Waals surface area contributed by atoms with Crippen LogP contribution in [0.3, 0.4) is 0 Å². The number of rotatable bonds is 5. The molecule has 7 heteroatoms. The van der Waals surface area contributed by atoms with Crippen molar-refractivity contribution in [2.75, 3.05) is 0 Å². The molecule has 3 aromatic carbocycles. The van der Waals surface area contributed by atoms with Gasteiger partial charge in [0.25, 0.3) is 5.91 Å². The molecule has 4 rings (SSSR count). The lowest BCUT2D eigenvalue weighted by molar-refractivity contribution is 0.0976. The first kappa shape index (κ1) is 23.0. The van der Waals surface area contributed by atoms with Crippen LogP contribution < -0.4 is 10.6 Å². The number of aryl methyl sites for hydroxylation is 1. The molecule has 0 aliphatic heterocycles. The minimum absolute atomic E-state index is 0.251. The Morgan fingerprint density at radius 1 is 1.09 bits per heavy atom. The average molecular weight is 478 g/mol. The molecule has 5 nitrogen and oxygen atoms in total. The molecule has 2 N–H and O–H groups in total. The van der Waals surface area contributed by atoms with Gasteiger partial charge >= 0.3 is 0 Å². The number of thiocarbonyl (C=S) groups is 1. The third-order valence-electron chi connectivity index (χ3n) is 5.39. The van der Waals surface area contributed by atoms with E-state index in [9.17, 15) is 4.79 Å². The van der Waals surface area contributed by atoms with Crippen molar-refractivity contribution in [2.45, 2.75) is 33.2 Å². The lowest BCUT2D eigenvalue weighted by Gasteiger charge is -2.10. The predicted octanol–water partition coefficient (Wildman–Crippen LogP) is 6.38. The monoisotopic (exact) mass is 477 g/mol. The molecule has 0 bridgehead atoms. The van der Waals surface area contributed by atoms with Crippen LogP contribution in [0.2, 0.25) is 5.02 Å². The predicted molar refractivity (Wildman–Crippen MR) is 137 cm³/mol. The molecule has 0 saturated heterocycles. The molecule has 1 aromatic heterocycles. The molecule has 0 saturated carbocycles. The van der Waals surface area contributed by atoms with Gasteiger partial charge in [0.2, 0.25) is 5.89 Å². The molecule has 33 heavy (non-hydrogen) atoms. The SMILES string of the molecule is Cc1ccc(C(=O)NC(=S)NCc2ccc(-c3nc4cc(C(C)C)ccc4o3)cc2)cc1Cl. The molecule has 0 radical (unpaired) electrons. The van der Waals surface area contributed by atoms with E-state index in [4.69, 9.17) is 28.2 Å². The van der Waals surface area contributed by atoms with Crippen LogP contribution in [0.5, 0.6) is 0 Å². The van der Waals surface area contributed by atoms with Crippen LogP contribution in [0.4, 0.5) is 0 Å². The number of carbonyl (C=O) groups is 1. The summed E-state index contributed by atoms with van der Waals surface area (Å²) in [7, 11) is 0. The van der Waals surface area contributed by atoms with Gasteiger partial charge < -0.3 is 9.73 Å². The van der Waals surface area contributed by atoms with Crippen LogP contribution >= 0.6 is 23.8 Å². The lowest BCUT2D eigenvalue weighted by atomic mass is 10.0. The number of benzene rings is 3. The molecule has 0 spiro atoms. The van der Waals surface area contributed by atoms with Crippen molar-refractivity contribution in [3.05, 3.63) is 87.9 Å². The Morgan fingerprint density at radius 2 is 1.85 bits per heavy atom. The zero-order valence-corrected chi connectivity index (χ0v) is 20.2. The topological polar surface area (TPSA) is 67.2 Å². The molecular weight excluding hydrogens is 454 g/mol. The van der Waals surface area contributed by atoms with E-state index in [1.807, 2.05) is 37.3 Å². The van der Waals surface area contributed by atoms with Gasteiger partial charge in [0, 0.05) is 22.7 Å². The minimum Gasteiger partial charge on any atom is -0.436 e. The number of nitrogens with zero attached hydrogens (tertiary/aromatic N) is 1. The van der Waals surface area contributed by atoms with E-state index >= 15 is 0 Å². The van der Waals surface area contributed by atoms with E-state index in [0.29, 0.717) is 28.9 Å². The van der Waals surface area contributed by atoms with Crippen LogP contribution in [-0.4, -0.2) is 16.0 Å². The highest BCUT2D eigenvalue weighted by molar-refractivity contribution is 7.80. The van der Waals surface area contributed by atoms with Crippen molar-refractivity contribution in [1.82, 2.24) is 15.6 Å². The van der Waals surface area contributed by atoms with Crippen molar-refractivity contribution < 1.29 is 9.21 Å². The lowest BCUT2D eigenvalue weighted by Crippen LogP contribution is -2.38. The molecule has 0 unspecified atom stereocenters. The fourth-order valence-electron chi connectivity index (χ4n) is 3.33. The second kappa shape index (κ2) is 9.73. The third kappa shape index (κ3) is 5.41. The Bertz CT molecular complexity index is 1330. The van der Waals surface area contributed by atoms with Crippen LogP contribution in [0.15, 0.2) is 65.1 Å². The summed E-state index contributed by atoms with van der Waals surface area (Å²) in [5, 5.41) is 6.52. The van der Waals surface area contributed by atoms with Gasteiger partial charge in [0.05, 0.1) is 0 Å². The van der Waals surface area contributed by atoms with Crippen LogP contribution in [-0.2, 0) is 6.54 Å². The number of halogens is 1. The van der Waals surface area contributed by atoms with Crippen LogP contribution in [0.1, 0.15) is 46.8 Å². The van der Waals surface area contributed by atoms with E-state index in [-0.39, 0.29) is 11.0 Å². The number of hydrogen-bond donors (Lipinski definition) is 2. The summed E-state index contributed by atoms with van der Waals surface area (Å²) in [5.74, 6) is 0.721. The first-order valence-corrected chi connectivity index (χ1v) is 11.4. The summed E-state index contributed by atoms with van der Waals surface area (Å²) in [6, 6.07) is 19.1. The Labute approximate surface area is 203 Å². The molecule has 0 fully saturated rings. The number of nitrogens with one attached hydrogen (secondary N) is 2. The maximum Gasteiger partial charge on any atom is 0.257 e. The summed E-state index contributed by atoms with van der Waals surface area (Å²) in [6.45, 7) is 6.67. The highest BCUT2D eigenvalue weighted by atomic mass is 35.5. The van der Waals surface area contributed by atoms with Gasteiger partial charge in [-0.05, 0) is 78.1 Å². The molecule has 4 aromatic rings. The Hall–Kier alpha value is -3.22. The number of amides is 1. The molecule has 168 valence electrons. The third-order valence-corrected chi connectivity index (χ3v) is 6.05. The fraction of sp³-hybridized carbons (Fsp3) is 0.192. The largest absolute Gasteiger partial charge is 0.436 e. The zero-order chi connectivity index (χ0) is 23.5. The fourth-order valence-corrected chi connectivity index (χ4v) is 3.67. The normalized spacial score (nSPS) is 11.1. The minimum atomic E-state index is -0.304. The standard InChI is InChI=1S/C26H24ClN3O2S/c1-15(2)19-10-11-23-22(13-19)29-25(32-23)18-8-5-17(6-9-18)14-28-26(33)30-24(31)20-7-4-16(3)21(27)12-20/h4-13,15H,14H2,1-3H3,(H2,28,30,31,33). The first-order chi connectivity index (χ1) is 15.8. The number of hydrogen-bond acceptors (Lipinski definition) is 4. The highest BCUT2D eigenvalue weighted by Crippen LogP contribution is 2.27. The van der Waals surface area contributed by atoms with Crippen molar-refractivity contribution in [2.24, 2.45) is 0 Å². The molecule has 0 aliphatic rings. The second-order valence-corrected chi connectivity index (χ2v) is 9.01. The second-order valence-electron chi connectivity index (χ2n) is 8.20. The maximum atomic E-state index is 12.3. The van der Waals surface area contributed by atoms with Crippen LogP contribution in [0, 0.1) is 6.92 Å². The van der Waals surface area contributed by atoms with E-state index < -0.39 is 0 Å². The summed E-state index contributed by atoms with van der Waals surface area (Å²) >= 11 is 11.4. The molecule has 0 atom stereocenters. The van der Waals surface area contributed by atoms with Crippen molar-refractivity contribution >= 4 is 45.9 Å². The van der Waals surface area contributed by atoms with E-state index in [1.165, 1.54) is 5.56 Å². The summed E-state index contributed by atoms with van der Waals surface area (Å²) in [4.78, 5) is 17.0. The van der Waals surface area contributed by atoms with Gasteiger partial charge in [-0.15, -0.1) is 0 Å². The summed E-state index contributed by atoms with van der Waals surface area (Å²) < 4.78 is 5.92. The van der Waals surface area contributed by atoms with E-state index in [1.54, 1.807) is 18.2 Å². The Kier molecular flexibility index (Phi) is 6.77. The molecular formula is C26H24ClN3O2S. The summed E-state index contributed by atoms with van der Waals surface area (Å²) in [6.07, 6.45) is 0. The highest BCUT2D eigenvalue weighted by Gasteiger charge is 2.11. The van der Waals surface area contributed by atoms with Gasteiger partial charge in [-0.2, -0.15) is 0 Å². The van der Waals surface area contributed by atoms with Crippen molar-refractivity contribution in [3.8, 4) is 11.5 Å². The Balaban J connectivity index is 1.36. The Morgan fingerprint density at radius 3 is 2.55 bits per heavy atom. The quantitative estimate of drug-likeness (QED) is 0.326. The number of aromatic nitrogens is 1. The van der Waals surface area contributed by atoms with Gasteiger partial charge in [0.1, 0.15) is 5.52 Å². The smallest absolute Gasteiger partial charge is 0.257 e. The van der Waals surface area contributed by atoms with Crippen molar-refractivity contribution in [3.63, 3.8) is 0 Å². The maximum absolute atomic E-state index is 12.3. The van der Waals surface area contributed by atoms with Gasteiger partial charge in [-0.25, -0.2) is 4.98 Å². The van der Waals surface area contributed by atoms with Crippen molar-refractivity contribution in [1.29, 1.82) is 0 Å². The summed E-state index contributed by atoms with van der Waals surface area (Å²) in [5.41, 5.74) is 6.14. The number of fused-ring (bicyclic) bond motifs is 1. The van der Waals surface area contributed by atoms with Gasteiger partial charge in [-0.1, -0.05) is 49.7 Å². The van der Waals surface area contributed by atoms with E-state index in [0.717, 1.165) is 27.8 Å². The number of carbonyl (C=O) groups excluding carboxylic acids is 1. The molecule has 0 aliphatic carbocycles. The number of oxazole rings is 1. The molecule has 1 heterocycles. The first-order valence-electron chi connectivity index (χ1n) is 10.7. The van der Waals surface area contributed by atoms with Crippen LogP contribution in [0.25, 0.3) is 22.6 Å². The molecule has 1 amide bonds. The van der Waals surface area contributed by atoms with Gasteiger partial charge in [0.15, 0.2) is 10.7 Å². The average Bonchev–Trinajstić information content (AvgIpc) is 3.23.